The third kappa shape index (κ3) is 3.92. The lowest BCUT2D eigenvalue weighted by Gasteiger charge is -2.07. The van der Waals surface area contributed by atoms with Crippen LogP contribution in [-0.4, -0.2) is 15.9 Å². The molecule has 0 unspecified atom stereocenters. The van der Waals surface area contributed by atoms with Crippen molar-refractivity contribution in [2.24, 2.45) is 0 Å². The van der Waals surface area contributed by atoms with Crippen molar-refractivity contribution in [1.82, 2.24) is 9.97 Å². The topological polar surface area (TPSA) is 68.0 Å². The minimum atomic E-state index is -0.259. The molecule has 4 aromatic rings. The maximum Gasteiger partial charge on any atom is 0.291 e. The highest BCUT2D eigenvalue weighted by Gasteiger charge is 2.21. The van der Waals surface area contributed by atoms with Crippen molar-refractivity contribution in [3.8, 4) is 0 Å². The first-order chi connectivity index (χ1) is 13.6. The molecule has 0 radical (unpaired) electrons. The fourth-order valence-corrected chi connectivity index (χ4v) is 3.99. The monoisotopic (exact) mass is 389 g/mol. The molecule has 28 heavy (non-hydrogen) atoms. The highest BCUT2D eigenvalue weighted by atomic mass is 32.2. The zero-order valence-electron chi connectivity index (χ0n) is 15.6. The number of furan rings is 1. The van der Waals surface area contributed by atoms with E-state index in [4.69, 9.17) is 4.42 Å². The number of aromatic nitrogens is 2. The van der Waals surface area contributed by atoms with Crippen LogP contribution in [0.3, 0.4) is 0 Å². The average Bonchev–Trinajstić information content (AvgIpc) is 3.05. The number of hydrogen-bond donors (Lipinski definition) is 1. The number of hydrogen-bond acceptors (Lipinski definition) is 5. The Hall–Kier alpha value is -3.12. The van der Waals surface area contributed by atoms with E-state index in [1.807, 2.05) is 50.2 Å². The molecule has 0 saturated carbocycles. The number of nitrogens with one attached hydrogen (secondary N) is 1. The zero-order chi connectivity index (χ0) is 19.5. The lowest BCUT2D eigenvalue weighted by atomic mass is 10.1. The fourth-order valence-electron chi connectivity index (χ4n) is 3.16. The standard InChI is InChI=1S/C22H19N3O2S/c1-14-10-15(2)12-16(11-14)25-21(26)20-18(13-28-22-23-8-5-9-24-22)17-6-3-4-7-19(17)27-20/h3-12H,13H2,1-2H3,(H,25,26). The third-order valence-corrected chi connectivity index (χ3v) is 5.17. The number of anilines is 1. The molecule has 0 atom stereocenters. The van der Waals surface area contributed by atoms with Crippen molar-refractivity contribution in [2.45, 2.75) is 24.8 Å². The molecule has 2 aromatic carbocycles. The van der Waals surface area contributed by atoms with Gasteiger partial charge in [-0.3, -0.25) is 4.79 Å². The number of aryl methyl sites for hydroxylation is 2. The highest BCUT2D eigenvalue weighted by Crippen LogP contribution is 2.31. The molecule has 2 heterocycles. The molecular weight excluding hydrogens is 370 g/mol. The number of rotatable bonds is 5. The van der Waals surface area contributed by atoms with Crippen molar-refractivity contribution < 1.29 is 9.21 Å². The van der Waals surface area contributed by atoms with Gasteiger partial charge in [0.05, 0.1) is 0 Å². The normalized spacial score (nSPS) is 10.9. The molecule has 4 rings (SSSR count). The predicted octanol–water partition coefficient (Wildman–Crippen LogP) is 5.38. The Labute approximate surface area is 167 Å². The van der Waals surface area contributed by atoms with E-state index in [-0.39, 0.29) is 5.91 Å². The van der Waals surface area contributed by atoms with Crippen molar-refractivity contribution in [1.29, 1.82) is 0 Å². The van der Waals surface area contributed by atoms with Crippen LogP contribution < -0.4 is 5.32 Å². The average molecular weight is 389 g/mol. The Morgan fingerprint density at radius 1 is 1.04 bits per heavy atom. The van der Waals surface area contributed by atoms with Gasteiger partial charge in [0, 0.05) is 34.8 Å². The molecule has 0 bridgehead atoms. The Morgan fingerprint density at radius 2 is 1.75 bits per heavy atom. The molecular formula is C22H19N3O2S. The van der Waals surface area contributed by atoms with Crippen LogP contribution in [0.15, 0.2) is 70.5 Å². The Morgan fingerprint density at radius 3 is 2.50 bits per heavy atom. The molecule has 1 amide bonds. The Bertz CT molecular complexity index is 1120. The van der Waals surface area contributed by atoms with Crippen LogP contribution in [-0.2, 0) is 5.75 Å². The summed E-state index contributed by atoms with van der Waals surface area (Å²) in [5.74, 6) is 0.603. The van der Waals surface area contributed by atoms with E-state index in [1.165, 1.54) is 11.8 Å². The minimum absolute atomic E-state index is 0.259. The second-order valence-electron chi connectivity index (χ2n) is 6.56. The Balaban J connectivity index is 1.66. The van der Waals surface area contributed by atoms with E-state index >= 15 is 0 Å². The quantitative estimate of drug-likeness (QED) is 0.366. The summed E-state index contributed by atoms with van der Waals surface area (Å²) in [7, 11) is 0. The van der Waals surface area contributed by atoms with Gasteiger partial charge in [0.1, 0.15) is 5.58 Å². The minimum Gasteiger partial charge on any atom is -0.451 e. The van der Waals surface area contributed by atoms with Crippen LogP contribution in [0.1, 0.15) is 27.2 Å². The van der Waals surface area contributed by atoms with Gasteiger partial charge in [-0.1, -0.05) is 36.0 Å². The summed E-state index contributed by atoms with van der Waals surface area (Å²) in [5.41, 5.74) is 4.48. The largest absolute Gasteiger partial charge is 0.451 e. The highest BCUT2D eigenvalue weighted by molar-refractivity contribution is 7.98. The summed E-state index contributed by atoms with van der Waals surface area (Å²) >= 11 is 1.47. The maximum absolute atomic E-state index is 13.0. The van der Waals surface area contributed by atoms with E-state index < -0.39 is 0 Å². The number of nitrogens with zero attached hydrogens (tertiary/aromatic N) is 2. The summed E-state index contributed by atoms with van der Waals surface area (Å²) in [6.07, 6.45) is 3.41. The van der Waals surface area contributed by atoms with E-state index in [9.17, 15) is 4.79 Å². The van der Waals surface area contributed by atoms with Gasteiger partial charge < -0.3 is 9.73 Å². The lowest BCUT2D eigenvalue weighted by molar-refractivity contribution is 0.0998. The molecule has 5 nitrogen and oxygen atoms in total. The van der Waals surface area contributed by atoms with Crippen molar-refractivity contribution in [3.05, 3.63) is 83.4 Å². The summed E-state index contributed by atoms with van der Waals surface area (Å²) < 4.78 is 5.92. The van der Waals surface area contributed by atoms with E-state index in [1.54, 1.807) is 18.5 Å². The third-order valence-electron chi connectivity index (χ3n) is 4.27. The van der Waals surface area contributed by atoms with Gasteiger partial charge in [-0.15, -0.1) is 0 Å². The lowest BCUT2D eigenvalue weighted by Crippen LogP contribution is -2.13. The van der Waals surface area contributed by atoms with E-state index in [2.05, 4.69) is 21.4 Å². The number of amides is 1. The molecule has 2 aromatic heterocycles. The summed E-state index contributed by atoms with van der Waals surface area (Å²) in [6.45, 7) is 4.01. The molecule has 6 heteroatoms. The van der Waals surface area contributed by atoms with E-state index in [0.29, 0.717) is 22.3 Å². The molecule has 0 fully saturated rings. The molecule has 0 aliphatic heterocycles. The van der Waals surface area contributed by atoms with Gasteiger partial charge in [0.2, 0.25) is 0 Å². The van der Waals surface area contributed by atoms with Crippen LogP contribution in [0.5, 0.6) is 0 Å². The maximum atomic E-state index is 13.0. The number of thioether (sulfide) groups is 1. The second kappa shape index (κ2) is 7.86. The van der Waals surface area contributed by atoms with Crippen LogP contribution in [0.4, 0.5) is 5.69 Å². The first-order valence-corrected chi connectivity index (χ1v) is 9.88. The molecule has 0 aliphatic rings. The number of para-hydroxylation sites is 1. The van der Waals surface area contributed by atoms with Crippen molar-refractivity contribution in [2.75, 3.05) is 5.32 Å². The van der Waals surface area contributed by atoms with Crippen LogP contribution >= 0.6 is 11.8 Å². The van der Waals surface area contributed by atoms with Gasteiger partial charge >= 0.3 is 0 Å². The fraction of sp³-hybridized carbons (Fsp3) is 0.136. The van der Waals surface area contributed by atoms with Crippen molar-refractivity contribution in [3.63, 3.8) is 0 Å². The predicted molar refractivity (Wildman–Crippen MR) is 112 cm³/mol. The summed E-state index contributed by atoms with van der Waals surface area (Å²) in [6, 6.07) is 15.4. The Kier molecular flexibility index (Phi) is 5.12. The van der Waals surface area contributed by atoms with Gasteiger partial charge in [0.15, 0.2) is 10.9 Å². The SMILES string of the molecule is Cc1cc(C)cc(NC(=O)c2oc3ccccc3c2CSc2ncccn2)c1. The first-order valence-electron chi connectivity index (χ1n) is 8.90. The summed E-state index contributed by atoms with van der Waals surface area (Å²) in [5, 5.41) is 4.55. The second-order valence-corrected chi connectivity index (χ2v) is 7.50. The zero-order valence-corrected chi connectivity index (χ0v) is 16.4. The van der Waals surface area contributed by atoms with Crippen LogP contribution in [0, 0.1) is 13.8 Å². The number of benzene rings is 2. The van der Waals surface area contributed by atoms with Crippen LogP contribution in [0.25, 0.3) is 11.0 Å². The molecule has 140 valence electrons. The number of carbonyl (C=O) groups excluding carboxylic acids is 1. The molecule has 0 saturated heterocycles. The van der Waals surface area contributed by atoms with Gasteiger partial charge in [-0.25, -0.2) is 9.97 Å². The smallest absolute Gasteiger partial charge is 0.291 e. The van der Waals surface area contributed by atoms with Gasteiger partial charge in [-0.05, 0) is 49.2 Å². The first kappa shape index (κ1) is 18.3. The van der Waals surface area contributed by atoms with E-state index in [0.717, 1.165) is 27.8 Å². The van der Waals surface area contributed by atoms with Crippen LogP contribution in [0.2, 0.25) is 0 Å². The van der Waals surface area contributed by atoms with Gasteiger partial charge in [0.25, 0.3) is 5.91 Å². The number of carbonyl (C=O) groups is 1. The number of fused-ring (bicyclic) bond motifs is 1. The molecule has 0 spiro atoms. The molecule has 1 N–H and O–H groups in total. The van der Waals surface area contributed by atoms with Gasteiger partial charge in [-0.2, -0.15) is 0 Å². The van der Waals surface area contributed by atoms with Crippen molar-refractivity contribution >= 4 is 34.3 Å². The molecule has 0 aliphatic carbocycles. The summed E-state index contributed by atoms with van der Waals surface area (Å²) in [4.78, 5) is 21.5.